The standard InChI is InChI=1S/C14H9Cl3N2/c15-9-5-4-8(6-11(9)17)7-13-18-12-3-1-2-10(16)14(12)19-13/h1-6H,7H2,(H,18,19). The molecule has 1 aromatic heterocycles. The lowest BCUT2D eigenvalue weighted by Crippen LogP contribution is -1.90. The summed E-state index contributed by atoms with van der Waals surface area (Å²) < 4.78 is 0. The molecule has 1 heterocycles. The van der Waals surface area contributed by atoms with Crippen LogP contribution < -0.4 is 0 Å². The van der Waals surface area contributed by atoms with Crippen molar-refractivity contribution in [3.63, 3.8) is 0 Å². The van der Waals surface area contributed by atoms with E-state index in [-0.39, 0.29) is 0 Å². The van der Waals surface area contributed by atoms with Gasteiger partial charge in [0.25, 0.3) is 0 Å². The number of aromatic nitrogens is 2. The van der Waals surface area contributed by atoms with Crippen LogP contribution in [0.25, 0.3) is 11.0 Å². The minimum absolute atomic E-state index is 0.549. The van der Waals surface area contributed by atoms with E-state index >= 15 is 0 Å². The molecule has 0 aliphatic carbocycles. The average molecular weight is 312 g/mol. The van der Waals surface area contributed by atoms with Gasteiger partial charge >= 0.3 is 0 Å². The number of H-pyrrole nitrogens is 1. The molecule has 0 aliphatic heterocycles. The molecule has 0 fully saturated rings. The molecular weight excluding hydrogens is 303 g/mol. The first-order chi connectivity index (χ1) is 9.13. The van der Waals surface area contributed by atoms with E-state index < -0.39 is 0 Å². The second-order valence-corrected chi connectivity index (χ2v) is 5.47. The molecular formula is C14H9Cl3N2. The highest BCUT2D eigenvalue weighted by molar-refractivity contribution is 6.42. The number of aromatic amines is 1. The van der Waals surface area contributed by atoms with Crippen molar-refractivity contribution in [2.45, 2.75) is 6.42 Å². The molecule has 0 bridgehead atoms. The number of nitrogens with one attached hydrogen (secondary N) is 1. The zero-order valence-corrected chi connectivity index (χ0v) is 12.0. The topological polar surface area (TPSA) is 28.7 Å². The van der Waals surface area contributed by atoms with E-state index in [0.717, 1.165) is 22.4 Å². The van der Waals surface area contributed by atoms with Crippen LogP contribution in [0.3, 0.4) is 0 Å². The first-order valence-electron chi connectivity index (χ1n) is 5.70. The molecule has 0 saturated heterocycles. The van der Waals surface area contributed by atoms with Gasteiger partial charge < -0.3 is 4.98 Å². The maximum absolute atomic E-state index is 6.10. The summed E-state index contributed by atoms with van der Waals surface area (Å²) >= 11 is 18.0. The van der Waals surface area contributed by atoms with Crippen LogP contribution in [-0.2, 0) is 6.42 Å². The Morgan fingerprint density at radius 2 is 1.79 bits per heavy atom. The zero-order valence-electron chi connectivity index (χ0n) is 9.75. The lowest BCUT2D eigenvalue weighted by Gasteiger charge is -2.00. The van der Waals surface area contributed by atoms with E-state index in [2.05, 4.69) is 9.97 Å². The van der Waals surface area contributed by atoms with Crippen LogP contribution in [0.1, 0.15) is 11.4 Å². The van der Waals surface area contributed by atoms with Gasteiger partial charge in [0.2, 0.25) is 0 Å². The van der Waals surface area contributed by atoms with Crippen LogP contribution in [-0.4, -0.2) is 9.97 Å². The maximum Gasteiger partial charge on any atom is 0.111 e. The van der Waals surface area contributed by atoms with E-state index in [0.29, 0.717) is 21.5 Å². The van der Waals surface area contributed by atoms with Crippen molar-refractivity contribution in [2.24, 2.45) is 0 Å². The van der Waals surface area contributed by atoms with Gasteiger partial charge in [0.05, 0.1) is 20.6 Å². The SMILES string of the molecule is Clc1ccc(Cc2nc3c(Cl)cccc3[nH]2)cc1Cl. The van der Waals surface area contributed by atoms with Crippen LogP contribution in [0, 0.1) is 0 Å². The first-order valence-corrected chi connectivity index (χ1v) is 6.84. The zero-order chi connectivity index (χ0) is 13.4. The van der Waals surface area contributed by atoms with E-state index in [1.807, 2.05) is 30.3 Å². The van der Waals surface area contributed by atoms with Crippen molar-refractivity contribution in [1.29, 1.82) is 0 Å². The van der Waals surface area contributed by atoms with Crippen molar-refractivity contribution in [3.05, 3.63) is 62.9 Å². The van der Waals surface area contributed by atoms with Crippen LogP contribution in [0.2, 0.25) is 15.1 Å². The van der Waals surface area contributed by atoms with Crippen LogP contribution in [0.15, 0.2) is 36.4 Å². The average Bonchev–Trinajstić information content (AvgIpc) is 2.78. The molecule has 0 atom stereocenters. The van der Waals surface area contributed by atoms with Gasteiger partial charge in [-0.15, -0.1) is 0 Å². The highest BCUT2D eigenvalue weighted by Crippen LogP contribution is 2.25. The van der Waals surface area contributed by atoms with Gasteiger partial charge in [-0.25, -0.2) is 4.98 Å². The predicted molar refractivity (Wildman–Crippen MR) is 80.4 cm³/mol. The summed E-state index contributed by atoms with van der Waals surface area (Å²) in [5.41, 5.74) is 2.77. The fourth-order valence-electron chi connectivity index (χ4n) is 1.97. The molecule has 2 aromatic carbocycles. The van der Waals surface area contributed by atoms with Crippen molar-refractivity contribution < 1.29 is 0 Å². The van der Waals surface area contributed by atoms with Crippen molar-refractivity contribution in [3.8, 4) is 0 Å². The smallest absolute Gasteiger partial charge is 0.111 e. The number of hydrogen-bond donors (Lipinski definition) is 1. The third kappa shape index (κ3) is 2.57. The fourth-order valence-corrected chi connectivity index (χ4v) is 2.51. The van der Waals surface area contributed by atoms with E-state index in [4.69, 9.17) is 34.8 Å². The minimum Gasteiger partial charge on any atom is -0.342 e. The lowest BCUT2D eigenvalue weighted by molar-refractivity contribution is 1.04. The third-order valence-electron chi connectivity index (χ3n) is 2.87. The van der Waals surface area contributed by atoms with E-state index in [1.165, 1.54) is 0 Å². The summed E-state index contributed by atoms with van der Waals surface area (Å²) in [6, 6.07) is 11.2. The van der Waals surface area contributed by atoms with Gasteiger partial charge in [-0.05, 0) is 29.8 Å². The number of fused-ring (bicyclic) bond motifs is 1. The van der Waals surface area contributed by atoms with Gasteiger partial charge in [-0.2, -0.15) is 0 Å². The Bertz CT molecular complexity index is 750. The Morgan fingerprint density at radius 3 is 2.53 bits per heavy atom. The van der Waals surface area contributed by atoms with Crippen molar-refractivity contribution in [2.75, 3.05) is 0 Å². The highest BCUT2D eigenvalue weighted by Gasteiger charge is 2.07. The molecule has 0 saturated carbocycles. The van der Waals surface area contributed by atoms with Gasteiger partial charge in [0.15, 0.2) is 0 Å². The molecule has 2 nitrogen and oxygen atoms in total. The number of nitrogens with zero attached hydrogens (tertiary/aromatic N) is 1. The summed E-state index contributed by atoms with van der Waals surface area (Å²) in [5, 5.41) is 1.75. The summed E-state index contributed by atoms with van der Waals surface area (Å²) in [7, 11) is 0. The summed E-state index contributed by atoms with van der Waals surface area (Å²) in [4.78, 5) is 7.74. The summed E-state index contributed by atoms with van der Waals surface area (Å²) in [6.07, 6.45) is 0.655. The maximum atomic E-state index is 6.10. The second kappa shape index (κ2) is 5.04. The van der Waals surface area contributed by atoms with E-state index in [1.54, 1.807) is 6.07 Å². The predicted octanol–water partition coefficient (Wildman–Crippen LogP) is 5.11. The Balaban J connectivity index is 1.96. The molecule has 0 aliphatic rings. The Kier molecular flexibility index (Phi) is 3.40. The van der Waals surface area contributed by atoms with Gasteiger partial charge in [-0.3, -0.25) is 0 Å². The number of para-hydroxylation sites is 1. The fraction of sp³-hybridized carbons (Fsp3) is 0.0714. The van der Waals surface area contributed by atoms with Crippen molar-refractivity contribution in [1.82, 2.24) is 9.97 Å². The van der Waals surface area contributed by atoms with Crippen LogP contribution in [0.5, 0.6) is 0 Å². The molecule has 19 heavy (non-hydrogen) atoms. The lowest BCUT2D eigenvalue weighted by atomic mass is 10.1. The van der Waals surface area contributed by atoms with Gasteiger partial charge in [0, 0.05) is 6.42 Å². The minimum atomic E-state index is 0.549. The number of rotatable bonds is 2. The van der Waals surface area contributed by atoms with E-state index in [9.17, 15) is 0 Å². The number of halogens is 3. The monoisotopic (exact) mass is 310 g/mol. The molecule has 0 amide bonds. The van der Waals surface area contributed by atoms with Gasteiger partial charge in [-0.1, -0.05) is 46.9 Å². The molecule has 96 valence electrons. The molecule has 3 aromatic rings. The first kappa shape index (κ1) is 12.8. The van der Waals surface area contributed by atoms with Crippen molar-refractivity contribution >= 4 is 45.8 Å². The number of benzene rings is 2. The molecule has 0 spiro atoms. The third-order valence-corrected chi connectivity index (χ3v) is 3.91. The molecule has 1 N–H and O–H groups in total. The molecule has 0 unspecified atom stereocenters. The normalized spacial score (nSPS) is 11.1. The second-order valence-electron chi connectivity index (χ2n) is 4.24. The highest BCUT2D eigenvalue weighted by atomic mass is 35.5. The number of hydrogen-bond acceptors (Lipinski definition) is 1. The largest absolute Gasteiger partial charge is 0.342 e. The van der Waals surface area contributed by atoms with Crippen LogP contribution in [0.4, 0.5) is 0 Å². The molecule has 3 rings (SSSR count). The summed E-state index contributed by atoms with van der Waals surface area (Å²) in [5.74, 6) is 0.849. The quantitative estimate of drug-likeness (QED) is 0.699. The van der Waals surface area contributed by atoms with Crippen LogP contribution >= 0.6 is 34.8 Å². The summed E-state index contributed by atoms with van der Waals surface area (Å²) in [6.45, 7) is 0. The Hall–Kier alpha value is -1.22. The molecule has 5 heteroatoms. The Labute approximate surface area is 125 Å². The molecule has 0 radical (unpaired) electrons. The Morgan fingerprint density at radius 1 is 0.947 bits per heavy atom. The van der Waals surface area contributed by atoms with Gasteiger partial charge in [0.1, 0.15) is 11.3 Å². The number of imidazole rings is 1.